The number of rotatable bonds is 4. The van der Waals surface area contributed by atoms with Crippen LogP contribution in [0.2, 0.25) is 0 Å². The summed E-state index contributed by atoms with van der Waals surface area (Å²) in [6.45, 7) is -0.395. The first-order valence-corrected chi connectivity index (χ1v) is 5.51. The first-order chi connectivity index (χ1) is 7.06. The van der Waals surface area contributed by atoms with Gasteiger partial charge >= 0.3 is 5.97 Å². The van der Waals surface area contributed by atoms with Gasteiger partial charge < -0.3 is 4.74 Å². The van der Waals surface area contributed by atoms with Gasteiger partial charge in [0.2, 0.25) is 10.0 Å². The average Bonchev–Trinajstić information content (AvgIpc) is 2.27. The number of pyridine rings is 1. The van der Waals surface area contributed by atoms with E-state index in [4.69, 9.17) is 0 Å². The molecule has 0 radical (unpaired) electrons. The number of hydrogen-bond acceptors (Lipinski definition) is 5. The van der Waals surface area contributed by atoms with Crippen LogP contribution >= 0.6 is 0 Å². The van der Waals surface area contributed by atoms with E-state index in [1.165, 1.54) is 31.6 Å². The normalized spacial score (nSPS) is 11.0. The maximum atomic E-state index is 11.5. The van der Waals surface area contributed by atoms with Gasteiger partial charge in [0.05, 0.1) is 7.11 Å². The average molecular weight is 230 g/mol. The van der Waals surface area contributed by atoms with E-state index in [0.717, 1.165) is 0 Å². The van der Waals surface area contributed by atoms with Crippen molar-refractivity contribution in [2.75, 3.05) is 13.7 Å². The summed E-state index contributed by atoms with van der Waals surface area (Å²) < 4.78 is 29.4. The number of sulfonamides is 1. The Kier molecular flexibility index (Phi) is 3.75. The van der Waals surface area contributed by atoms with Crippen molar-refractivity contribution in [3.8, 4) is 0 Å². The molecular formula is C8H10N2O4S. The zero-order valence-electron chi connectivity index (χ0n) is 8.00. The Morgan fingerprint density at radius 2 is 2.33 bits per heavy atom. The number of esters is 1. The van der Waals surface area contributed by atoms with Crippen molar-refractivity contribution >= 4 is 16.0 Å². The monoisotopic (exact) mass is 230 g/mol. The highest BCUT2D eigenvalue weighted by Gasteiger charge is 2.15. The number of ether oxygens (including phenoxy) is 1. The molecule has 15 heavy (non-hydrogen) atoms. The molecule has 0 fully saturated rings. The molecule has 82 valence electrons. The van der Waals surface area contributed by atoms with Gasteiger partial charge in [-0.05, 0) is 12.1 Å². The van der Waals surface area contributed by atoms with Crippen LogP contribution in [0.25, 0.3) is 0 Å². The second-order valence-electron chi connectivity index (χ2n) is 2.59. The lowest BCUT2D eigenvalue weighted by atomic mass is 10.5. The lowest BCUT2D eigenvalue weighted by molar-refractivity contribution is -0.139. The van der Waals surface area contributed by atoms with Gasteiger partial charge in [-0.3, -0.25) is 9.78 Å². The Morgan fingerprint density at radius 3 is 2.87 bits per heavy atom. The van der Waals surface area contributed by atoms with Crippen LogP contribution in [0, 0.1) is 0 Å². The van der Waals surface area contributed by atoms with Crippen LogP contribution in [0.3, 0.4) is 0 Å². The summed E-state index contributed by atoms with van der Waals surface area (Å²) in [7, 11) is -2.50. The molecule has 0 bridgehead atoms. The van der Waals surface area contributed by atoms with Crippen LogP contribution in [-0.2, 0) is 19.6 Å². The molecule has 7 heteroatoms. The van der Waals surface area contributed by atoms with Gasteiger partial charge in [-0.2, -0.15) is 4.72 Å². The molecule has 0 unspecified atom stereocenters. The zero-order valence-corrected chi connectivity index (χ0v) is 8.82. The number of hydrogen-bond donors (Lipinski definition) is 1. The molecule has 0 atom stereocenters. The standard InChI is InChI=1S/C8H10N2O4S/c1-14-8(11)6-10-15(12,13)7-3-2-4-9-5-7/h2-5,10H,6H2,1H3. The van der Waals surface area contributed by atoms with Gasteiger partial charge in [0.15, 0.2) is 0 Å². The molecule has 0 aliphatic rings. The molecule has 1 aromatic rings. The first-order valence-electron chi connectivity index (χ1n) is 4.03. The predicted octanol–water partition coefficient (Wildman–Crippen LogP) is -0.467. The fraction of sp³-hybridized carbons (Fsp3) is 0.250. The van der Waals surface area contributed by atoms with E-state index in [0.29, 0.717) is 0 Å². The van der Waals surface area contributed by atoms with E-state index in [-0.39, 0.29) is 4.90 Å². The van der Waals surface area contributed by atoms with E-state index < -0.39 is 22.5 Å². The molecule has 0 aliphatic carbocycles. The minimum atomic E-state index is -3.68. The van der Waals surface area contributed by atoms with E-state index in [1.54, 1.807) is 0 Å². The summed E-state index contributed by atoms with van der Waals surface area (Å²) in [5, 5.41) is 0. The van der Waals surface area contributed by atoms with Crippen molar-refractivity contribution < 1.29 is 17.9 Å². The SMILES string of the molecule is COC(=O)CNS(=O)(=O)c1cccnc1. The lowest BCUT2D eigenvalue weighted by Gasteiger charge is -2.04. The molecule has 1 heterocycles. The Labute approximate surface area is 87.3 Å². The summed E-state index contributed by atoms with van der Waals surface area (Å²) in [5.41, 5.74) is 0. The zero-order chi connectivity index (χ0) is 11.3. The van der Waals surface area contributed by atoms with Crippen LogP contribution < -0.4 is 4.72 Å². The molecule has 6 nitrogen and oxygen atoms in total. The Balaban J connectivity index is 2.73. The molecule has 1 aromatic heterocycles. The number of carbonyl (C=O) groups is 1. The highest BCUT2D eigenvalue weighted by atomic mass is 32.2. The van der Waals surface area contributed by atoms with E-state index in [9.17, 15) is 13.2 Å². The minimum absolute atomic E-state index is 0.00824. The molecule has 0 aliphatic heterocycles. The topological polar surface area (TPSA) is 85.4 Å². The van der Waals surface area contributed by atoms with Gasteiger partial charge in [-0.25, -0.2) is 8.42 Å². The summed E-state index contributed by atoms with van der Waals surface area (Å²) >= 11 is 0. The molecule has 0 saturated carbocycles. The molecule has 0 amide bonds. The number of nitrogens with zero attached hydrogens (tertiary/aromatic N) is 1. The second kappa shape index (κ2) is 4.85. The summed E-state index contributed by atoms with van der Waals surface area (Å²) in [5.74, 6) is -0.650. The lowest BCUT2D eigenvalue weighted by Crippen LogP contribution is -2.30. The molecule has 1 rings (SSSR count). The highest BCUT2D eigenvalue weighted by molar-refractivity contribution is 7.89. The van der Waals surface area contributed by atoms with Crippen molar-refractivity contribution in [3.05, 3.63) is 24.5 Å². The van der Waals surface area contributed by atoms with Gasteiger partial charge in [0.1, 0.15) is 11.4 Å². The van der Waals surface area contributed by atoms with Crippen LogP contribution in [-0.4, -0.2) is 33.0 Å². The van der Waals surface area contributed by atoms with Crippen molar-refractivity contribution in [2.24, 2.45) is 0 Å². The van der Waals surface area contributed by atoms with E-state index in [1.807, 2.05) is 0 Å². The summed E-state index contributed by atoms with van der Waals surface area (Å²) in [6.07, 6.45) is 2.65. The number of aromatic nitrogens is 1. The number of carbonyl (C=O) groups excluding carboxylic acids is 1. The second-order valence-corrected chi connectivity index (χ2v) is 4.36. The maximum Gasteiger partial charge on any atom is 0.320 e. The Morgan fingerprint density at radius 1 is 1.60 bits per heavy atom. The maximum absolute atomic E-state index is 11.5. The largest absolute Gasteiger partial charge is 0.468 e. The highest BCUT2D eigenvalue weighted by Crippen LogP contribution is 2.04. The first kappa shape index (κ1) is 11.6. The Hall–Kier alpha value is -1.47. The molecular weight excluding hydrogens is 220 g/mol. The molecule has 0 aromatic carbocycles. The van der Waals surface area contributed by atoms with Gasteiger partial charge in [0.25, 0.3) is 0 Å². The third-order valence-electron chi connectivity index (χ3n) is 1.58. The van der Waals surface area contributed by atoms with Crippen molar-refractivity contribution in [2.45, 2.75) is 4.90 Å². The fourth-order valence-corrected chi connectivity index (χ4v) is 1.75. The fourth-order valence-electron chi connectivity index (χ4n) is 0.815. The number of methoxy groups -OCH3 is 1. The Bertz CT molecular complexity index is 429. The quantitative estimate of drug-likeness (QED) is 0.707. The third-order valence-corrected chi connectivity index (χ3v) is 2.97. The van der Waals surface area contributed by atoms with Crippen LogP contribution in [0.5, 0.6) is 0 Å². The van der Waals surface area contributed by atoms with Crippen molar-refractivity contribution in [1.82, 2.24) is 9.71 Å². The van der Waals surface area contributed by atoms with Gasteiger partial charge in [-0.15, -0.1) is 0 Å². The summed E-state index contributed by atoms with van der Waals surface area (Å²) in [6, 6.07) is 2.87. The molecule has 0 spiro atoms. The predicted molar refractivity (Wildman–Crippen MR) is 51.4 cm³/mol. The van der Waals surface area contributed by atoms with Gasteiger partial charge in [-0.1, -0.05) is 0 Å². The van der Waals surface area contributed by atoms with Crippen LogP contribution in [0.15, 0.2) is 29.4 Å². The molecule has 1 N–H and O–H groups in total. The molecule has 0 saturated heterocycles. The number of nitrogens with one attached hydrogen (secondary N) is 1. The third kappa shape index (κ3) is 3.30. The smallest absolute Gasteiger partial charge is 0.320 e. The van der Waals surface area contributed by atoms with Crippen molar-refractivity contribution in [1.29, 1.82) is 0 Å². The van der Waals surface area contributed by atoms with E-state index in [2.05, 4.69) is 14.4 Å². The van der Waals surface area contributed by atoms with Crippen molar-refractivity contribution in [3.63, 3.8) is 0 Å². The minimum Gasteiger partial charge on any atom is -0.468 e. The van der Waals surface area contributed by atoms with E-state index >= 15 is 0 Å². The van der Waals surface area contributed by atoms with Crippen LogP contribution in [0.4, 0.5) is 0 Å². The van der Waals surface area contributed by atoms with Crippen LogP contribution in [0.1, 0.15) is 0 Å². The summed E-state index contributed by atoms with van der Waals surface area (Å²) in [4.78, 5) is 14.4. The van der Waals surface area contributed by atoms with Gasteiger partial charge in [0, 0.05) is 12.4 Å².